The van der Waals surface area contributed by atoms with Gasteiger partial charge in [-0.25, -0.2) is 4.79 Å². The Morgan fingerprint density at radius 3 is 2.63 bits per heavy atom. The van der Waals surface area contributed by atoms with Crippen molar-refractivity contribution in [3.05, 3.63) is 17.5 Å². The number of ether oxygens (including phenoxy) is 2. The highest BCUT2D eigenvalue weighted by Crippen LogP contribution is 2.24. The molecule has 1 aromatic rings. The van der Waals surface area contributed by atoms with Gasteiger partial charge in [0, 0.05) is 32.8 Å². The number of aryl methyl sites for hydroxylation is 2. The summed E-state index contributed by atoms with van der Waals surface area (Å²) in [6.45, 7) is 6.50. The summed E-state index contributed by atoms with van der Waals surface area (Å²) in [7, 11) is 1.90. The van der Waals surface area contributed by atoms with Gasteiger partial charge in [-0.2, -0.15) is 5.10 Å². The standard InChI is InChI=1S/C19H30N4O4/c1-4-26-19(25)22-9-7-15(8-10-22)23(18(24)17-6-5-11-27-17)13-16-12-14(2)20-21(16)3/h12,15,17H,4-11,13H2,1-3H3/t17-/m1/s1. The molecule has 0 saturated carbocycles. The molecular formula is C19H30N4O4. The number of carbonyl (C=O) groups is 2. The van der Waals surface area contributed by atoms with Gasteiger partial charge in [0.25, 0.3) is 5.91 Å². The molecule has 2 saturated heterocycles. The highest BCUT2D eigenvalue weighted by atomic mass is 16.6. The summed E-state index contributed by atoms with van der Waals surface area (Å²) in [4.78, 5) is 28.8. The molecule has 3 rings (SSSR count). The first-order valence-electron chi connectivity index (χ1n) is 9.83. The maximum absolute atomic E-state index is 13.2. The van der Waals surface area contributed by atoms with Crippen molar-refractivity contribution in [1.82, 2.24) is 19.6 Å². The summed E-state index contributed by atoms with van der Waals surface area (Å²) in [5.74, 6) is 0.0564. The Hall–Kier alpha value is -2.09. The molecule has 0 bridgehead atoms. The van der Waals surface area contributed by atoms with Crippen molar-refractivity contribution in [3.63, 3.8) is 0 Å². The van der Waals surface area contributed by atoms with Crippen LogP contribution in [-0.2, 0) is 27.9 Å². The molecule has 0 aliphatic carbocycles. The Morgan fingerprint density at radius 1 is 1.33 bits per heavy atom. The van der Waals surface area contributed by atoms with E-state index in [1.807, 2.05) is 36.5 Å². The average Bonchev–Trinajstić information content (AvgIpc) is 3.29. The molecule has 2 aliphatic rings. The molecule has 2 fully saturated rings. The van der Waals surface area contributed by atoms with Crippen molar-refractivity contribution in [1.29, 1.82) is 0 Å². The van der Waals surface area contributed by atoms with E-state index in [0.29, 0.717) is 32.8 Å². The molecule has 0 radical (unpaired) electrons. The highest BCUT2D eigenvalue weighted by Gasteiger charge is 2.35. The molecule has 2 amide bonds. The Bertz CT molecular complexity index is 661. The zero-order chi connectivity index (χ0) is 19.4. The molecule has 8 heteroatoms. The van der Waals surface area contributed by atoms with Gasteiger partial charge in [-0.15, -0.1) is 0 Å². The largest absolute Gasteiger partial charge is 0.450 e. The zero-order valence-corrected chi connectivity index (χ0v) is 16.5. The third-order valence-corrected chi connectivity index (χ3v) is 5.35. The summed E-state index contributed by atoms with van der Waals surface area (Å²) in [6.07, 6.45) is 2.58. The molecule has 8 nitrogen and oxygen atoms in total. The van der Waals surface area contributed by atoms with Crippen LogP contribution in [0.15, 0.2) is 6.07 Å². The van der Waals surface area contributed by atoms with Gasteiger partial charge in [0.05, 0.1) is 24.5 Å². The molecule has 150 valence electrons. The summed E-state index contributed by atoms with van der Waals surface area (Å²) in [5.41, 5.74) is 1.95. The Morgan fingerprint density at radius 2 is 2.07 bits per heavy atom. The number of hydrogen-bond acceptors (Lipinski definition) is 5. The minimum atomic E-state index is -0.345. The van der Waals surface area contributed by atoms with Gasteiger partial charge in [0.2, 0.25) is 0 Å². The van der Waals surface area contributed by atoms with Crippen molar-refractivity contribution in [2.45, 2.75) is 58.2 Å². The molecule has 0 aromatic carbocycles. The van der Waals surface area contributed by atoms with E-state index in [0.717, 1.165) is 37.1 Å². The van der Waals surface area contributed by atoms with E-state index in [4.69, 9.17) is 9.47 Å². The number of aromatic nitrogens is 2. The SMILES string of the molecule is CCOC(=O)N1CCC(N(Cc2cc(C)nn2C)C(=O)[C@H]2CCCO2)CC1. The molecule has 0 spiro atoms. The summed E-state index contributed by atoms with van der Waals surface area (Å²) in [6, 6.07) is 2.10. The van der Waals surface area contributed by atoms with E-state index < -0.39 is 0 Å². The molecule has 1 aromatic heterocycles. The van der Waals surface area contributed by atoms with E-state index >= 15 is 0 Å². The van der Waals surface area contributed by atoms with Crippen LogP contribution < -0.4 is 0 Å². The third kappa shape index (κ3) is 4.61. The van der Waals surface area contributed by atoms with Gasteiger partial charge in [-0.1, -0.05) is 0 Å². The first-order valence-corrected chi connectivity index (χ1v) is 9.83. The van der Waals surface area contributed by atoms with Crippen LogP contribution in [0.3, 0.4) is 0 Å². The van der Waals surface area contributed by atoms with E-state index in [9.17, 15) is 9.59 Å². The van der Waals surface area contributed by atoms with E-state index in [1.165, 1.54) is 0 Å². The lowest BCUT2D eigenvalue weighted by Crippen LogP contribution is -2.51. The fraction of sp³-hybridized carbons (Fsp3) is 0.737. The van der Waals surface area contributed by atoms with Gasteiger partial charge in [0.15, 0.2) is 0 Å². The average molecular weight is 378 g/mol. The van der Waals surface area contributed by atoms with Gasteiger partial charge < -0.3 is 19.3 Å². The van der Waals surface area contributed by atoms with Gasteiger partial charge in [-0.05, 0) is 45.6 Å². The Balaban J connectivity index is 1.71. The number of rotatable bonds is 5. The number of likely N-dealkylation sites (tertiary alicyclic amines) is 1. The normalized spacial score (nSPS) is 20.7. The summed E-state index contributed by atoms with van der Waals surface area (Å²) >= 11 is 0. The minimum Gasteiger partial charge on any atom is -0.450 e. The lowest BCUT2D eigenvalue weighted by molar-refractivity contribution is -0.145. The lowest BCUT2D eigenvalue weighted by Gasteiger charge is -2.39. The Kier molecular flexibility index (Phi) is 6.36. The molecule has 1 atom stereocenters. The number of nitrogens with zero attached hydrogens (tertiary/aromatic N) is 4. The van der Waals surface area contributed by atoms with Crippen LogP contribution in [0.1, 0.15) is 44.0 Å². The lowest BCUT2D eigenvalue weighted by atomic mass is 10.0. The van der Waals surface area contributed by atoms with Crippen LogP contribution in [-0.4, -0.2) is 70.0 Å². The molecule has 27 heavy (non-hydrogen) atoms. The number of amides is 2. The molecule has 3 heterocycles. The van der Waals surface area contributed by atoms with Crippen LogP contribution in [0.4, 0.5) is 4.79 Å². The van der Waals surface area contributed by atoms with Crippen molar-refractivity contribution < 1.29 is 19.1 Å². The number of piperidine rings is 1. The van der Waals surface area contributed by atoms with E-state index in [1.54, 1.807) is 4.90 Å². The third-order valence-electron chi connectivity index (χ3n) is 5.35. The maximum Gasteiger partial charge on any atom is 0.409 e. The fourth-order valence-corrected chi connectivity index (χ4v) is 3.91. The number of carbonyl (C=O) groups excluding carboxylic acids is 2. The summed E-state index contributed by atoms with van der Waals surface area (Å²) in [5, 5.41) is 4.40. The van der Waals surface area contributed by atoms with Gasteiger partial charge in [-0.3, -0.25) is 9.48 Å². The smallest absolute Gasteiger partial charge is 0.409 e. The second kappa shape index (κ2) is 8.73. The second-order valence-corrected chi connectivity index (χ2v) is 7.29. The van der Waals surface area contributed by atoms with Crippen molar-refractivity contribution in [3.8, 4) is 0 Å². The first-order chi connectivity index (χ1) is 13.0. The van der Waals surface area contributed by atoms with Crippen molar-refractivity contribution in [2.24, 2.45) is 7.05 Å². The monoisotopic (exact) mass is 378 g/mol. The van der Waals surface area contributed by atoms with Gasteiger partial charge >= 0.3 is 6.09 Å². The molecule has 0 N–H and O–H groups in total. The molecule has 2 aliphatic heterocycles. The predicted octanol–water partition coefficient (Wildman–Crippen LogP) is 1.86. The topological polar surface area (TPSA) is 76.9 Å². The summed E-state index contributed by atoms with van der Waals surface area (Å²) < 4.78 is 12.6. The zero-order valence-electron chi connectivity index (χ0n) is 16.5. The maximum atomic E-state index is 13.2. The molecular weight excluding hydrogens is 348 g/mol. The molecule has 0 unspecified atom stereocenters. The van der Waals surface area contributed by atoms with Crippen LogP contribution in [0.5, 0.6) is 0 Å². The first kappa shape index (κ1) is 19.7. The fourth-order valence-electron chi connectivity index (χ4n) is 3.91. The van der Waals surface area contributed by atoms with Gasteiger partial charge in [0.1, 0.15) is 6.10 Å². The van der Waals surface area contributed by atoms with Crippen molar-refractivity contribution in [2.75, 3.05) is 26.3 Å². The number of hydrogen-bond donors (Lipinski definition) is 0. The van der Waals surface area contributed by atoms with Crippen molar-refractivity contribution >= 4 is 12.0 Å². The van der Waals surface area contributed by atoms with Crippen LogP contribution in [0.25, 0.3) is 0 Å². The Labute approximate surface area is 160 Å². The highest BCUT2D eigenvalue weighted by molar-refractivity contribution is 5.81. The van der Waals surface area contributed by atoms with Crippen LogP contribution in [0.2, 0.25) is 0 Å². The van der Waals surface area contributed by atoms with E-state index in [2.05, 4.69) is 5.10 Å². The predicted molar refractivity (Wildman–Crippen MR) is 99.1 cm³/mol. The quantitative estimate of drug-likeness (QED) is 0.782. The minimum absolute atomic E-state index is 0.0564. The second-order valence-electron chi connectivity index (χ2n) is 7.29. The van der Waals surface area contributed by atoms with E-state index in [-0.39, 0.29) is 24.1 Å². The van der Waals surface area contributed by atoms with Crippen LogP contribution >= 0.6 is 0 Å². The van der Waals surface area contributed by atoms with Crippen LogP contribution in [0, 0.1) is 6.92 Å².